The Kier molecular flexibility index (Phi) is 3.21. The molecule has 3 heterocycles. The van der Waals surface area contributed by atoms with Gasteiger partial charge in [0.15, 0.2) is 0 Å². The number of carbonyl (C=O) groups excluding carboxylic acids is 1. The third-order valence-electron chi connectivity index (χ3n) is 3.99. The lowest BCUT2D eigenvalue weighted by molar-refractivity contribution is 0.0772. The fourth-order valence-electron chi connectivity index (χ4n) is 2.96. The highest BCUT2D eigenvalue weighted by Crippen LogP contribution is 2.32. The van der Waals surface area contributed by atoms with Gasteiger partial charge in [0, 0.05) is 38.6 Å². The predicted molar refractivity (Wildman–Crippen MR) is 71.3 cm³/mol. The smallest absolute Gasteiger partial charge is 0.274 e. The highest BCUT2D eigenvalue weighted by Gasteiger charge is 2.44. The maximum absolute atomic E-state index is 12.2. The topological polar surface area (TPSA) is 83.5 Å². The highest BCUT2D eigenvalue weighted by molar-refractivity contribution is 7.88. The Labute approximate surface area is 117 Å². The van der Waals surface area contributed by atoms with E-state index in [0.717, 1.165) is 0 Å². The molecule has 108 valence electrons. The molecule has 7 nitrogen and oxygen atoms in total. The summed E-state index contributed by atoms with van der Waals surface area (Å²) in [6.07, 6.45) is 5.71. The van der Waals surface area contributed by atoms with E-state index in [4.69, 9.17) is 0 Å². The van der Waals surface area contributed by atoms with Gasteiger partial charge in [-0.3, -0.25) is 9.78 Å². The lowest BCUT2D eigenvalue weighted by atomic mass is 10.0. The van der Waals surface area contributed by atoms with E-state index in [1.165, 1.54) is 29.2 Å². The van der Waals surface area contributed by atoms with E-state index in [-0.39, 0.29) is 17.7 Å². The predicted octanol–water partition coefficient (Wildman–Crippen LogP) is -0.560. The average Bonchev–Trinajstić information content (AvgIpc) is 2.96. The molecule has 2 saturated heterocycles. The van der Waals surface area contributed by atoms with Crippen LogP contribution in [0.2, 0.25) is 0 Å². The minimum atomic E-state index is -3.13. The minimum absolute atomic E-state index is 0.126. The SMILES string of the molecule is CS(=O)(=O)N1CC2CN(C(=O)c3cnccn3)CC2C1. The largest absolute Gasteiger partial charge is 0.337 e. The van der Waals surface area contributed by atoms with E-state index in [1.54, 1.807) is 4.90 Å². The Morgan fingerprint density at radius 3 is 2.35 bits per heavy atom. The lowest BCUT2D eigenvalue weighted by Crippen LogP contribution is -2.35. The Bertz CT molecular complexity index is 605. The monoisotopic (exact) mass is 296 g/mol. The molecule has 2 unspecified atom stereocenters. The number of carbonyl (C=O) groups is 1. The molecule has 2 aliphatic rings. The molecule has 2 atom stereocenters. The van der Waals surface area contributed by atoms with Crippen molar-refractivity contribution >= 4 is 15.9 Å². The van der Waals surface area contributed by atoms with E-state index in [2.05, 4.69) is 9.97 Å². The van der Waals surface area contributed by atoms with Gasteiger partial charge >= 0.3 is 0 Å². The first-order chi connectivity index (χ1) is 9.45. The van der Waals surface area contributed by atoms with E-state index in [1.807, 2.05) is 0 Å². The van der Waals surface area contributed by atoms with Crippen LogP contribution in [0.25, 0.3) is 0 Å². The first kappa shape index (κ1) is 13.4. The molecule has 3 rings (SSSR count). The molecule has 0 saturated carbocycles. The molecular weight excluding hydrogens is 280 g/mol. The third-order valence-corrected chi connectivity index (χ3v) is 5.23. The van der Waals surface area contributed by atoms with Crippen molar-refractivity contribution < 1.29 is 13.2 Å². The molecule has 1 aromatic heterocycles. The van der Waals surface area contributed by atoms with Gasteiger partial charge in [-0.05, 0) is 11.8 Å². The molecule has 2 aliphatic heterocycles. The molecular formula is C12H16N4O3S. The van der Waals surface area contributed by atoms with Crippen LogP contribution in [0.4, 0.5) is 0 Å². The standard InChI is InChI=1S/C12H16N4O3S/c1-20(18,19)16-7-9-5-15(6-10(9)8-16)12(17)11-4-13-2-3-14-11/h2-4,9-10H,5-8H2,1H3. The van der Waals surface area contributed by atoms with Crippen LogP contribution in [0.3, 0.4) is 0 Å². The molecule has 1 amide bonds. The van der Waals surface area contributed by atoms with E-state index in [0.29, 0.717) is 31.9 Å². The zero-order chi connectivity index (χ0) is 14.3. The van der Waals surface area contributed by atoms with Gasteiger partial charge in [0.2, 0.25) is 10.0 Å². The van der Waals surface area contributed by atoms with E-state index >= 15 is 0 Å². The normalized spacial score (nSPS) is 26.8. The van der Waals surface area contributed by atoms with Crippen molar-refractivity contribution in [3.8, 4) is 0 Å². The molecule has 0 radical (unpaired) electrons. The number of amides is 1. The summed E-state index contributed by atoms with van der Waals surface area (Å²) >= 11 is 0. The molecule has 0 aromatic carbocycles. The average molecular weight is 296 g/mol. The first-order valence-corrected chi connectivity index (χ1v) is 8.30. The van der Waals surface area contributed by atoms with Crippen LogP contribution in [-0.2, 0) is 10.0 Å². The fourth-order valence-corrected chi connectivity index (χ4v) is 3.88. The summed E-state index contributed by atoms with van der Waals surface area (Å²) in [5.74, 6) is 0.328. The van der Waals surface area contributed by atoms with Crippen molar-refractivity contribution in [2.75, 3.05) is 32.4 Å². The summed E-state index contributed by atoms with van der Waals surface area (Å²) in [6, 6.07) is 0. The van der Waals surface area contributed by atoms with E-state index < -0.39 is 10.0 Å². The molecule has 0 aliphatic carbocycles. The number of rotatable bonds is 2. The molecule has 2 fully saturated rings. The van der Waals surface area contributed by atoms with Gasteiger partial charge in [-0.25, -0.2) is 17.7 Å². The van der Waals surface area contributed by atoms with Crippen molar-refractivity contribution in [3.63, 3.8) is 0 Å². The summed E-state index contributed by atoms with van der Waals surface area (Å²) in [7, 11) is -3.13. The Morgan fingerprint density at radius 2 is 1.85 bits per heavy atom. The highest BCUT2D eigenvalue weighted by atomic mass is 32.2. The van der Waals surface area contributed by atoms with Crippen LogP contribution in [0.1, 0.15) is 10.5 Å². The van der Waals surface area contributed by atoms with Gasteiger partial charge in [0.05, 0.1) is 12.5 Å². The lowest BCUT2D eigenvalue weighted by Gasteiger charge is -2.19. The van der Waals surface area contributed by atoms with E-state index in [9.17, 15) is 13.2 Å². The van der Waals surface area contributed by atoms with Crippen LogP contribution in [0, 0.1) is 11.8 Å². The fraction of sp³-hybridized carbons (Fsp3) is 0.583. The molecule has 0 spiro atoms. The number of hydrogen-bond donors (Lipinski definition) is 0. The molecule has 0 N–H and O–H groups in total. The number of aromatic nitrogens is 2. The summed E-state index contributed by atoms with van der Waals surface area (Å²) < 4.78 is 24.6. The van der Waals surface area contributed by atoms with Crippen molar-refractivity contribution in [2.45, 2.75) is 0 Å². The first-order valence-electron chi connectivity index (χ1n) is 6.45. The summed E-state index contributed by atoms with van der Waals surface area (Å²) in [6.45, 7) is 2.19. The van der Waals surface area contributed by atoms with Crippen molar-refractivity contribution in [1.82, 2.24) is 19.2 Å². The molecule has 20 heavy (non-hydrogen) atoms. The third kappa shape index (κ3) is 2.40. The maximum Gasteiger partial charge on any atom is 0.274 e. The second-order valence-corrected chi connectivity index (χ2v) is 7.38. The Hall–Kier alpha value is -1.54. The van der Waals surface area contributed by atoms with Gasteiger partial charge in [-0.15, -0.1) is 0 Å². The Morgan fingerprint density at radius 1 is 1.20 bits per heavy atom. The summed E-state index contributed by atoms with van der Waals surface area (Å²) in [4.78, 5) is 21.9. The van der Waals surface area contributed by atoms with Crippen LogP contribution in [0.15, 0.2) is 18.6 Å². The van der Waals surface area contributed by atoms with Gasteiger partial charge in [-0.2, -0.15) is 0 Å². The number of likely N-dealkylation sites (tertiary alicyclic amines) is 1. The summed E-state index contributed by atoms with van der Waals surface area (Å²) in [5.41, 5.74) is 0.340. The van der Waals surface area contributed by atoms with Crippen molar-refractivity contribution in [1.29, 1.82) is 0 Å². The van der Waals surface area contributed by atoms with Gasteiger partial charge in [-0.1, -0.05) is 0 Å². The molecule has 8 heteroatoms. The van der Waals surface area contributed by atoms with Crippen molar-refractivity contribution in [3.05, 3.63) is 24.3 Å². The molecule has 0 bridgehead atoms. The minimum Gasteiger partial charge on any atom is -0.337 e. The molecule has 1 aromatic rings. The number of nitrogens with zero attached hydrogens (tertiary/aromatic N) is 4. The zero-order valence-corrected chi connectivity index (χ0v) is 12.0. The number of fused-ring (bicyclic) bond motifs is 1. The summed E-state index contributed by atoms with van der Waals surface area (Å²) in [5, 5.41) is 0. The second kappa shape index (κ2) is 4.78. The second-order valence-electron chi connectivity index (χ2n) is 5.40. The zero-order valence-electron chi connectivity index (χ0n) is 11.1. The van der Waals surface area contributed by atoms with Gasteiger partial charge in [0.1, 0.15) is 5.69 Å². The quantitative estimate of drug-likeness (QED) is 0.730. The van der Waals surface area contributed by atoms with Crippen molar-refractivity contribution in [2.24, 2.45) is 11.8 Å². The van der Waals surface area contributed by atoms with Crippen LogP contribution < -0.4 is 0 Å². The van der Waals surface area contributed by atoms with Crippen LogP contribution in [-0.4, -0.2) is 65.9 Å². The van der Waals surface area contributed by atoms with Crippen LogP contribution in [0.5, 0.6) is 0 Å². The number of hydrogen-bond acceptors (Lipinski definition) is 5. The number of sulfonamides is 1. The van der Waals surface area contributed by atoms with Crippen LogP contribution >= 0.6 is 0 Å². The van der Waals surface area contributed by atoms with Gasteiger partial charge in [0.25, 0.3) is 5.91 Å². The maximum atomic E-state index is 12.2. The Balaban J connectivity index is 1.68. The van der Waals surface area contributed by atoms with Gasteiger partial charge < -0.3 is 4.90 Å².